The highest BCUT2D eigenvalue weighted by Gasteiger charge is 2.10. The normalized spacial score (nSPS) is 10.3. The molecule has 0 saturated carbocycles. The molecule has 1 aromatic carbocycles. The van der Waals surface area contributed by atoms with Gasteiger partial charge in [0.1, 0.15) is 5.82 Å². The monoisotopic (exact) mass is 274 g/mol. The summed E-state index contributed by atoms with van der Waals surface area (Å²) in [5, 5.41) is 2.70. The van der Waals surface area contributed by atoms with Crippen LogP contribution in [0, 0.1) is 12.7 Å². The Hall–Kier alpha value is -2.43. The molecule has 4 nitrogen and oxygen atoms in total. The average molecular weight is 274 g/mol. The second-order valence-corrected chi connectivity index (χ2v) is 4.46. The molecule has 0 aliphatic heterocycles. The van der Waals surface area contributed by atoms with Crippen LogP contribution in [0.2, 0.25) is 0 Å². The van der Waals surface area contributed by atoms with E-state index in [0.717, 1.165) is 0 Å². The minimum absolute atomic E-state index is 0.122. The van der Waals surface area contributed by atoms with Crippen molar-refractivity contribution >= 4 is 11.6 Å². The Kier molecular flexibility index (Phi) is 3.98. The molecule has 2 rings (SSSR count). The number of carbonyl (C=O) groups excluding carboxylic acids is 1. The van der Waals surface area contributed by atoms with Crippen molar-refractivity contribution in [2.24, 2.45) is 0 Å². The minimum Gasteiger partial charge on any atom is -0.321 e. The molecule has 0 atom stereocenters. The Balaban J connectivity index is 2.25. The second-order valence-electron chi connectivity index (χ2n) is 4.46. The molecule has 1 N–H and O–H groups in total. The second kappa shape index (κ2) is 5.69. The summed E-state index contributed by atoms with van der Waals surface area (Å²) in [7, 11) is 0. The van der Waals surface area contributed by atoms with E-state index < -0.39 is 0 Å². The fourth-order valence-electron chi connectivity index (χ4n) is 1.93. The lowest BCUT2D eigenvalue weighted by Gasteiger charge is -2.09. The summed E-state index contributed by atoms with van der Waals surface area (Å²) in [6.45, 7) is 4.04. The summed E-state index contributed by atoms with van der Waals surface area (Å²) in [5.41, 5.74) is 1.37. The Bertz CT molecular complexity index is 707. The smallest absolute Gasteiger partial charge is 0.255 e. The third-order valence-electron chi connectivity index (χ3n) is 3.02. The summed E-state index contributed by atoms with van der Waals surface area (Å²) in [5.74, 6) is -0.706. The van der Waals surface area contributed by atoms with E-state index in [1.807, 2.05) is 6.92 Å². The van der Waals surface area contributed by atoms with Gasteiger partial charge in [-0.25, -0.2) is 4.39 Å². The van der Waals surface area contributed by atoms with Crippen LogP contribution in [0.1, 0.15) is 22.8 Å². The van der Waals surface area contributed by atoms with Crippen molar-refractivity contribution in [1.82, 2.24) is 4.57 Å². The van der Waals surface area contributed by atoms with E-state index in [1.54, 1.807) is 19.2 Å². The molecule has 0 radical (unpaired) electrons. The number of halogens is 1. The van der Waals surface area contributed by atoms with Crippen LogP contribution in [0.5, 0.6) is 0 Å². The number of aryl methyl sites for hydroxylation is 2. The van der Waals surface area contributed by atoms with Crippen molar-refractivity contribution in [2.45, 2.75) is 20.4 Å². The first-order valence-corrected chi connectivity index (χ1v) is 6.29. The molecule has 1 aromatic heterocycles. The molecule has 104 valence electrons. The van der Waals surface area contributed by atoms with Crippen LogP contribution in [-0.2, 0) is 6.54 Å². The van der Waals surface area contributed by atoms with Crippen LogP contribution in [0.3, 0.4) is 0 Å². The molecule has 5 heteroatoms. The number of benzene rings is 1. The molecule has 2 aromatic rings. The summed E-state index contributed by atoms with van der Waals surface area (Å²) >= 11 is 0. The van der Waals surface area contributed by atoms with Crippen molar-refractivity contribution in [2.75, 3.05) is 5.32 Å². The molecule has 0 aliphatic rings. The fraction of sp³-hybridized carbons (Fsp3) is 0.200. The van der Waals surface area contributed by atoms with Gasteiger partial charge in [0, 0.05) is 24.4 Å². The predicted octanol–water partition coefficient (Wildman–Crippen LogP) is 2.57. The maximum absolute atomic E-state index is 13.0. The van der Waals surface area contributed by atoms with Gasteiger partial charge in [-0.1, -0.05) is 0 Å². The zero-order chi connectivity index (χ0) is 14.7. The van der Waals surface area contributed by atoms with Crippen LogP contribution >= 0.6 is 0 Å². The van der Waals surface area contributed by atoms with Crippen LogP contribution < -0.4 is 10.9 Å². The highest BCUT2D eigenvalue weighted by Crippen LogP contribution is 2.13. The van der Waals surface area contributed by atoms with Gasteiger partial charge < -0.3 is 9.88 Å². The van der Waals surface area contributed by atoms with Crippen molar-refractivity contribution in [3.8, 4) is 0 Å². The molecule has 0 spiro atoms. The summed E-state index contributed by atoms with van der Waals surface area (Å²) in [6, 6.07) is 6.94. The van der Waals surface area contributed by atoms with Crippen molar-refractivity contribution in [3.05, 3.63) is 63.8 Å². The lowest BCUT2D eigenvalue weighted by molar-refractivity contribution is 0.102. The number of aromatic nitrogens is 1. The van der Waals surface area contributed by atoms with Gasteiger partial charge in [-0.3, -0.25) is 9.59 Å². The molecular formula is C15H15FN2O2. The van der Waals surface area contributed by atoms with Crippen molar-refractivity contribution in [1.29, 1.82) is 0 Å². The van der Waals surface area contributed by atoms with E-state index in [-0.39, 0.29) is 17.3 Å². The predicted molar refractivity (Wildman–Crippen MR) is 75.5 cm³/mol. The van der Waals surface area contributed by atoms with E-state index in [0.29, 0.717) is 23.4 Å². The first-order chi connectivity index (χ1) is 9.51. The van der Waals surface area contributed by atoms with E-state index >= 15 is 0 Å². The zero-order valence-electron chi connectivity index (χ0n) is 11.3. The van der Waals surface area contributed by atoms with Gasteiger partial charge in [-0.05, 0) is 43.7 Å². The molecule has 0 aliphatic carbocycles. The number of hydrogen-bond donors (Lipinski definition) is 1. The van der Waals surface area contributed by atoms with E-state index in [1.165, 1.54) is 28.8 Å². The quantitative estimate of drug-likeness (QED) is 0.935. The summed E-state index contributed by atoms with van der Waals surface area (Å²) in [4.78, 5) is 23.6. The summed E-state index contributed by atoms with van der Waals surface area (Å²) < 4.78 is 14.5. The van der Waals surface area contributed by atoms with Crippen molar-refractivity contribution in [3.63, 3.8) is 0 Å². The lowest BCUT2D eigenvalue weighted by atomic mass is 10.1. The number of anilines is 1. The molecule has 1 heterocycles. The van der Waals surface area contributed by atoms with Gasteiger partial charge in [0.05, 0.1) is 5.69 Å². The highest BCUT2D eigenvalue weighted by molar-refractivity contribution is 6.05. The average Bonchev–Trinajstić information content (AvgIpc) is 2.40. The Morgan fingerprint density at radius 1 is 1.30 bits per heavy atom. The fourth-order valence-corrected chi connectivity index (χ4v) is 1.93. The Labute approximate surface area is 115 Å². The summed E-state index contributed by atoms with van der Waals surface area (Å²) in [6.07, 6.45) is 1.58. The van der Waals surface area contributed by atoms with E-state index in [9.17, 15) is 14.0 Å². The highest BCUT2D eigenvalue weighted by atomic mass is 19.1. The van der Waals surface area contributed by atoms with E-state index in [4.69, 9.17) is 0 Å². The molecule has 0 saturated heterocycles. The Morgan fingerprint density at radius 2 is 2.05 bits per heavy atom. The SMILES string of the molecule is CCn1cc(NC(=O)c2ccc(F)cc2C)ccc1=O. The molecule has 0 unspecified atom stereocenters. The van der Waals surface area contributed by atoms with Gasteiger partial charge in [0.25, 0.3) is 11.5 Å². The van der Waals surface area contributed by atoms with Crippen LogP contribution in [0.25, 0.3) is 0 Å². The molecular weight excluding hydrogens is 259 g/mol. The lowest BCUT2D eigenvalue weighted by Crippen LogP contribution is -2.20. The van der Waals surface area contributed by atoms with E-state index in [2.05, 4.69) is 5.32 Å². The molecule has 0 bridgehead atoms. The number of amides is 1. The van der Waals surface area contributed by atoms with Gasteiger partial charge in [0.2, 0.25) is 0 Å². The van der Waals surface area contributed by atoms with Gasteiger partial charge >= 0.3 is 0 Å². The largest absolute Gasteiger partial charge is 0.321 e. The standard InChI is InChI=1S/C15H15FN2O2/c1-3-18-9-12(5-7-14(18)19)17-15(20)13-6-4-11(16)8-10(13)2/h4-9H,3H2,1-2H3,(H,17,20). The maximum atomic E-state index is 13.0. The van der Waals surface area contributed by atoms with Crippen LogP contribution in [-0.4, -0.2) is 10.5 Å². The zero-order valence-corrected chi connectivity index (χ0v) is 11.3. The minimum atomic E-state index is -0.376. The van der Waals surface area contributed by atoms with Gasteiger partial charge in [0.15, 0.2) is 0 Å². The Morgan fingerprint density at radius 3 is 2.70 bits per heavy atom. The molecule has 0 fully saturated rings. The molecule has 20 heavy (non-hydrogen) atoms. The third-order valence-corrected chi connectivity index (χ3v) is 3.02. The van der Waals surface area contributed by atoms with Gasteiger partial charge in [-0.15, -0.1) is 0 Å². The number of rotatable bonds is 3. The number of nitrogens with one attached hydrogen (secondary N) is 1. The van der Waals surface area contributed by atoms with Gasteiger partial charge in [-0.2, -0.15) is 0 Å². The number of carbonyl (C=O) groups is 1. The number of hydrogen-bond acceptors (Lipinski definition) is 2. The maximum Gasteiger partial charge on any atom is 0.255 e. The first-order valence-electron chi connectivity index (χ1n) is 6.29. The number of nitrogens with zero attached hydrogens (tertiary/aromatic N) is 1. The van der Waals surface area contributed by atoms with Crippen LogP contribution in [0.15, 0.2) is 41.3 Å². The topological polar surface area (TPSA) is 51.1 Å². The molecule has 1 amide bonds. The first kappa shape index (κ1) is 14.0. The van der Waals surface area contributed by atoms with Crippen LogP contribution in [0.4, 0.5) is 10.1 Å². The number of pyridine rings is 1. The van der Waals surface area contributed by atoms with Crippen molar-refractivity contribution < 1.29 is 9.18 Å². The third kappa shape index (κ3) is 2.93.